The fourth-order valence-corrected chi connectivity index (χ4v) is 3.89. The van der Waals surface area contributed by atoms with Gasteiger partial charge in [0, 0.05) is 18.2 Å². The number of esters is 4. The molecule has 3 rings (SSSR count). The predicted octanol–water partition coefficient (Wildman–Crippen LogP) is 6.61. The van der Waals surface area contributed by atoms with Crippen molar-refractivity contribution in [3.63, 3.8) is 0 Å². The van der Waals surface area contributed by atoms with Gasteiger partial charge in [0.1, 0.15) is 23.0 Å². The van der Waals surface area contributed by atoms with Gasteiger partial charge in [-0.2, -0.15) is 0 Å². The van der Waals surface area contributed by atoms with Gasteiger partial charge in [0.25, 0.3) is 0 Å². The minimum atomic E-state index is -0.561. The van der Waals surface area contributed by atoms with Gasteiger partial charge in [0.15, 0.2) is 0 Å². The molecule has 10 nitrogen and oxygen atoms in total. The fraction of sp³-hybridized carbons (Fsp3) is 0.243. The highest BCUT2D eigenvalue weighted by atomic mass is 16.5. The van der Waals surface area contributed by atoms with Crippen LogP contribution in [-0.2, 0) is 23.9 Å². The van der Waals surface area contributed by atoms with Crippen molar-refractivity contribution in [3.8, 4) is 23.0 Å². The van der Waals surface area contributed by atoms with Gasteiger partial charge in [0.2, 0.25) is 0 Å². The van der Waals surface area contributed by atoms with Crippen LogP contribution in [0.2, 0.25) is 0 Å². The van der Waals surface area contributed by atoms with E-state index in [0.29, 0.717) is 79.8 Å². The van der Waals surface area contributed by atoms with Gasteiger partial charge in [-0.3, -0.25) is 0 Å². The third-order valence-corrected chi connectivity index (χ3v) is 6.39. The minimum Gasteiger partial charge on any atom is -0.494 e. The van der Waals surface area contributed by atoms with Gasteiger partial charge in [-0.05, 0) is 104 Å². The maximum absolute atomic E-state index is 12.6. The van der Waals surface area contributed by atoms with Gasteiger partial charge in [-0.25, -0.2) is 19.2 Å². The van der Waals surface area contributed by atoms with Crippen LogP contribution >= 0.6 is 0 Å². The van der Waals surface area contributed by atoms with Crippen LogP contribution in [0.15, 0.2) is 98.1 Å². The zero-order chi connectivity index (χ0) is 33.9. The number of unbranched alkanes of at least 4 members (excludes halogenated alkanes) is 2. The number of hydrogen-bond donors (Lipinski definition) is 0. The molecular formula is C37H38O10. The normalized spacial score (nSPS) is 10.5. The predicted molar refractivity (Wildman–Crippen MR) is 175 cm³/mol. The summed E-state index contributed by atoms with van der Waals surface area (Å²) in [5.74, 6) is -0.0710. The summed E-state index contributed by atoms with van der Waals surface area (Å²) >= 11 is 0. The molecule has 10 heteroatoms. The van der Waals surface area contributed by atoms with Crippen molar-refractivity contribution < 1.29 is 47.6 Å². The number of benzene rings is 3. The smallest absolute Gasteiger partial charge is 0.343 e. The lowest BCUT2D eigenvalue weighted by atomic mass is 10.2. The Labute approximate surface area is 274 Å². The average Bonchev–Trinajstić information content (AvgIpc) is 3.08. The van der Waals surface area contributed by atoms with Gasteiger partial charge < -0.3 is 28.4 Å². The summed E-state index contributed by atoms with van der Waals surface area (Å²) in [6.45, 7) is 9.97. The van der Waals surface area contributed by atoms with Crippen molar-refractivity contribution in [2.24, 2.45) is 0 Å². The summed E-state index contributed by atoms with van der Waals surface area (Å²) in [6.07, 6.45) is 7.97. The van der Waals surface area contributed by atoms with Crippen LogP contribution in [0.5, 0.6) is 23.0 Å². The molecule has 0 N–H and O–H groups in total. The van der Waals surface area contributed by atoms with E-state index in [1.165, 1.54) is 6.08 Å². The number of hydrogen-bond acceptors (Lipinski definition) is 10. The number of rotatable bonds is 19. The van der Waals surface area contributed by atoms with Crippen molar-refractivity contribution in [3.05, 3.63) is 115 Å². The second-order valence-electron chi connectivity index (χ2n) is 10.0. The molecule has 0 radical (unpaired) electrons. The first kappa shape index (κ1) is 35.8. The Kier molecular flexibility index (Phi) is 15.0. The van der Waals surface area contributed by atoms with Crippen LogP contribution in [0.4, 0.5) is 0 Å². The zero-order valence-corrected chi connectivity index (χ0v) is 26.3. The third kappa shape index (κ3) is 13.5. The van der Waals surface area contributed by atoms with E-state index in [0.717, 1.165) is 24.1 Å². The molecule has 246 valence electrons. The van der Waals surface area contributed by atoms with Crippen LogP contribution in [0.1, 0.15) is 47.2 Å². The maximum atomic E-state index is 12.6. The van der Waals surface area contributed by atoms with Crippen LogP contribution in [0.3, 0.4) is 0 Å². The fourth-order valence-electron chi connectivity index (χ4n) is 3.89. The summed E-state index contributed by atoms with van der Waals surface area (Å²) in [4.78, 5) is 47.1. The summed E-state index contributed by atoms with van der Waals surface area (Å²) in [7, 11) is 0. The highest BCUT2D eigenvalue weighted by Crippen LogP contribution is 2.25. The first-order chi connectivity index (χ1) is 22.8. The van der Waals surface area contributed by atoms with E-state index in [1.54, 1.807) is 67.6 Å². The molecule has 3 aromatic carbocycles. The number of carbonyl (C=O) groups excluding carboxylic acids is 4. The highest BCUT2D eigenvalue weighted by molar-refractivity contribution is 5.91. The van der Waals surface area contributed by atoms with Gasteiger partial charge >= 0.3 is 23.9 Å². The second-order valence-corrected chi connectivity index (χ2v) is 10.0. The molecule has 0 bridgehead atoms. The van der Waals surface area contributed by atoms with Gasteiger partial charge in [0.05, 0.1) is 32.0 Å². The molecule has 0 amide bonds. The second kappa shape index (κ2) is 19.7. The Morgan fingerprint density at radius 1 is 0.617 bits per heavy atom. The topological polar surface area (TPSA) is 124 Å². The molecule has 0 aromatic heterocycles. The van der Waals surface area contributed by atoms with E-state index in [2.05, 4.69) is 13.2 Å². The van der Waals surface area contributed by atoms with E-state index in [4.69, 9.17) is 28.4 Å². The average molecular weight is 643 g/mol. The van der Waals surface area contributed by atoms with Gasteiger partial charge in [-0.1, -0.05) is 25.3 Å². The summed E-state index contributed by atoms with van der Waals surface area (Å²) < 4.78 is 32.1. The molecule has 47 heavy (non-hydrogen) atoms. The first-order valence-electron chi connectivity index (χ1n) is 15.0. The van der Waals surface area contributed by atoms with Crippen LogP contribution in [0, 0.1) is 6.92 Å². The molecular weight excluding hydrogens is 604 g/mol. The molecule has 0 unspecified atom stereocenters. The van der Waals surface area contributed by atoms with Crippen molar-refractivity contribution in [2.45, 2.75) is 32.6 Å². The lowest BCUT2D eigenvalue weighted by Gasteiger charge is -2.10. The molecule has 0 fully saturated rings. The molecule has 3 aromatic rings. The SMILES string of the molecule is C=CC(=O)OCCCCOc1ccc(/C=C/C(=O)Oc2ccc(OC(=O)c3ccc(OCCCCOC(=O)C=C)cc3)cc2C)cc1. The minimum absolute atomic E-state index is 0.300. The van der Waals surface area contributed by atoms with E-state index in [1.807, 2.05) is 12.1 Å². The Morgan fingerprint density at radius 3 is 1.66 bits per heavy atom. The number of aryl methyl sites for hydroxylation is 1. The molecule has 0 saturated carbocycles. The Balaban J connectivity index is 1.39. The van der Waals surface area contributed by atoms with Crippen LogP contribution < -0.4 is 18.9 Å². The highest BCUT2D eigenvalue weighted by Gasteiger charge is 2.12. The quantitative estimate of drug-likeness (QED) is 0.0611. The Hall–Kier alpha value is -5.64. The molecule has 0 aliphatic carbocycles. The standard InChI is InChI=1S/C37H38O10/c1-4-34(38)44-24-8-6-22-42-30-15-10-28(11-16-30)12-21-36(40)47-33-20-19-32(26-27(33)3)46-37(41)29-13-17-31(18-14-29)43-23-7-9-25-45-35(39)5-2/h4-5,10-21,26H,1-2,6-9,22-25H2,3H3/b21-12+. The lowest BCUT2D eigenvalue weighted by Crippen LogP contribution is -2.09. The largest absolute Gasteiger partial charge is 0.494 e. The van der Waals surface area contributed by atoms with Crippen molar-refractivity contribution in [1.82, 2.24) is 0 Å². The first-order valence-corrected chi connectivity index (χ1v) is 15.0. The monoisotopic (exact) mass is 642 g/mol. The van der Waals surface area contributed by atoms with Crippen molar-refractivity contribution in [2.75, 3.05) is 26.4 Å². The summed E-state index contributed by atoms with van der Waals surface area (Å²) in [6, 6.07) is 18.5. The lowest BCUT2D eigenvalue weighted by molar-refractivity contribution is -0.138. The molecule has 0 atom stereocenters. The number of ether oxygens (including phenoxy) is 6. The summed E-state index contributed by atoms with van der Waals surface area (Å²) in [5.41, 5.74) is 1.74. The molecule has 0 spiro atoms. The Morgan fingerprint density at radius 2 is 1.13 bits per heavy atom. The molecule has 0 heterocycles. The molecule has 0 aliphatic heterocycles. The van der Waals surface area contributed by atoms with E-state index in [-0.39, 0.29) is 0 Å². The zero-order valence-electron chi connectivity index (χ0n) is 26.3. The van der Waals surface area contributed by atoms with Crippen molar-refractivity contribution >= 4 is 30.0 Å². The van der Waals surface area contributed by atoms with Crippen molar-refractivity contribution in [1.29, 1.82) is 0 Å². The molecule has 0 saturated heterocycles. The van der Waals surface area contributed by atoms with E-state index >= 15 is 0 Å². The van der Waals surface area contributed by atoms with Crippen LogP contribution in [0.25, 0.3) is 6.08 Å². The number of carbonyl (C=O) groups is 4. The van der Waals surface area contributed by atoms with Crippen LogP contribution in [-0.4, -0.2) is 50.3 Å². The van der Waals surface area contributed by atoms with Gasteiger partial charge in [-0.15, -0.1) is 0 Å². The maximum Gasteiger partial charge on any atom is 0.343 e. The van der Waals surface area contributed by atoms with E-state index < -0.39 is 23.9 Å². The summed E-state index contributed by atoms with van der Waals surface area (Å²) in [5, 5.41) is 0. The molecule has 0 aliphatic rings. The van der Waals surface area contributed by atoms with E-state index in [9.17, 15) is 19.2 Å². The Bertz CT molecular complexity index is 1540. The third-order valence-electron chi connectivity index (χ3n) is 6.39.